The highest BCUT2D eigenvalue weighted by atomic mass is 79.9. The van der Waals surface area contributed by atoms with E-state index in [1.54, 1.807) is 0 Å². The molecular formula is C9H15BrN2O3. The van der Waals surface area contributed by atoms with E-state index in [1.807, 2.05) is 0 Å². The van der Waals surface area contributed by atoms with Gasteiger partial charge in [0.05, 0.1) is 13.7 Å². The minimum absolute atomic E-state index is 0.0259. The van der Waals surface area contributed by atoms with E-state index in [9.17, 15) is 9.59 Å². The summed E-state index contributed by atoms with van der Waals surface area (Å²) in [5.41, 5.74) is 0. The van der Waals surface area contributed by atoms with Crippen molar-refractivity contribution in [3.8, 4) is 0 Å². The van der Waals surface area contributed by atoms with Crippen LogP contribution in [0.25, 0.3) is 0 Å². The second-order valence-electron chi connectivity index (χ2n) is 3.46. The molecule has 15 heavy (non-hydrogen) atoms. The van der Waals surface area contributed by atoms with Gasteiger partial charge in [-0.3, -0.25) is 9.59 Å². The molecule has 2 N–H and O–H groups in total. The number of rotatable bonds is 6. The fourth-order valence-corrected chi connectivity index (χ4v) is 1.45. The van der Waals surface area contributed by atoms with Gasteiger partial charge in [0.1, 0.15) is 4.83 Å². The number of hydrogen-bond donors (Lipinski definition) is 2. The molecule has 1 aliphatic carbocycles. The van der Waals surface area contributed by atoms with Gasteiger partial charge in [-0.1, -0.05) is 15.9 Å². The summed E-state index contributed by atoms with van der Waals surface area (Å²) in [6.07, 6.45) is 2.16. The van der Waals surface area contributed by atoms with E-state index in [0.717, 1.165) is 12.8 Å². The second kappa shape index (κ2) is 6.07. The SMILES string of the molecule is COC(=O)C(Br)CNCC(=O)NC1CC1. The van der Waals surface area contributed by atoms with Crippen molar-refractivity contribution < 1.29 is 14.3 Å². The monoisotopic (exact) mass is 278 g/mol. The van der Waals surface area contributed by atoms with Crippen molar-refractivity contribution in [1.82, 2.24) is 10.6 Å². The third-order valence-electron chi connectivity index (χ3n) is 2.01. The normalized spacial score (nSPS) is 16.9. The minimum Gasteiger partial charge on any atom is -0.468 e. The fourth-order valence-electron chi connectivity index (χ4n) is 1.03. The summed E-state index contributed by atoms with van der Waals surface area (Å²) in [5, 5.41) is 5.71. The molecule has 1 amide bonds. The van der Waals surface area contributed by atoms with E-state index in [2.05, 4.69) is 31.3 Å². The zero-order chi connectivity index (χ0) is 11.3. The molecular weight excluding hydrogens is 264 g/mol. The lowest BCUT2D eigenvalue weighted by Crippen LogP contribution is -2.38. The van der Waals surface area contributed by atoms with E-state index in [4.69, 9.17) is 0 Å². The topological polar surface area (TPSA) is 67.4 Å². The Labute approximate surface area is 97.1 Å². The molecule has 5 nitrogen and oxygen atoms in total. The molecule has 1 fully saturated rings. The number of methoxy groups -OCH3 is 1. The van der Waals surface area contributed by atoms with Gasteiger partial charge in [-0.25, -0.2) is 0 Å². The number of halogens is 1. The lowest BCUT2D eigenvalue weighted by atomic mass is 10.4. The number of hydrogen-bond acceptors (Lipinski definition) is 4. The fraction of sp³-hybridized carbons (Fsp3) is 0.778. The van der Waals surface area contributed by atoms with Gasteiger partial charge in [0.25, 0.3) is 0 Å². The van der Waals surface area contributed by atoms with E-state index in [-0.39, 0.29) is 18.4 Å². The van der Waals surface area contributed by atoms with Crippen molar-refractivity contribution in [3.63, 3.8) is 0 Å². The molecule has 86 valence electrons. The molecule has 0 radical (unpaired) electrons. The predicted molar refractivity (Wildman–Crippen MR) is 58.8 cm³/mol. The zero-order valence-corrected chi connectivity index (χ0v) is 10.2. The molecule has 1 atom stereocenters. The molecule has 1 saturated carbocycles. The van der Waals surface area contributed by atoms with Gasteiger partial charge in [-0.05, 0) is 12.8 Å². The maximum absolute atomic E-state index is 11.2. The number of ether oxygens (including phenoxy) is 1. The van der Waals surface area contributed by atoms with Crippen LogP contribution in [0.1, 0.15) is 12.8 Å². The minimum atomic E-state index is -0.406. The Morgan fingerprint density at radius 2 is 2.20 bits per heavy atom. The molecule has 0 aliphatic heterocycles. The molecule has 1 unspecified atom stereocenters. The van der Waals surface area contributed by atoms with Gasteiger partial charge in [0.15, 0.2) is 0 Å². The van der Waals surface area contributed by atoms with Crippen LogP contribution in [0.5, 0.6) is 0 Å². The van der Waals surface area contributed by atoms with Crippen molar-refractivity contribution in [2.24, 2.45) is 0 Å². The summed E-state index contributed by atoms with van der Waals surface area (Å²) in [6.45, 7) is 0.611. The van der Waals surface area contributed by atoms with E-state index in [1.165, 1.54) is 7.11 Å². The summed E-state index contributed by atoms with van der Waals surface area (Å²) < 4.78 is 4.52. The molecule has 0 spiro atoms. The van der Waals surface area contributed by atoms with Gasteiger partial charge in [-0.2, -0.15) is 0 Å². The highest BCUT2D eigenvalue weighted by Gasteiger charge is 2.23. The van der Waals surface area contributed by atoms with Crippen molar-refractivity contribution in [2.45, 2.75) is 23.7 Å². The predicted octanol–water partition coefficient (Wildman–Crippen LogP) is -0.209. The van der Waals surface area contributed by atoms with Crippen LogP contribution in [-0.2, 0) is 14.3 Å². The Morgan fingerprint density at radius 3 is 2.73 bits per heavy atom. The van der Waals surface area contributed by atoms with Crippen molar-refractivity contribution in [3.05, 3.63) is 0 Å². The molecule has 0 saturated heterocycles. The van der Waals surface area contributed by atoms with Crippen molar-refractivity contribution >= 4 is 27.8 Å². The number of carbonyl (C=O) groups excluding carboxylic acids is 2. The second-order valence-corrected chi connectivity index (χ2v) is 4.57. The third-order valence-corrected chi connectivity index (χ3v) is 2.71. The van der Waals surface area contributed by atoms with Crippen LogP contribution in [0.2, 0.25) is 0 Å². The molecule has 0 aromatic rings. The van der Waals surface area contributed by atoms with E-state index >= 15 is 0 Å². The van der Waals surface area contributed by atoms with Crippen LogP contribution in [0.15, 0.2) is 0 Å². The first-order chi connectivity index (χ1) is 7.13. The highest BCUT2D eigenvalue weighted by molar-refractivity contribution is 9.10. The van der Waals surface area contributed by atoms with Gasteiger partial charge >= 0.3 is 5.97 Å². The average molecular weight is 279 g/mol. The Bertz CT molecular complexity index is 244. The van der Waals surface area contributed by atoms with Crippen LogP contribution >= 0.6 is 15.9 Å². The van der Waals surface area contributed by atoms with Crippen LogP contribution in [0.3, 0.4) is 0 Å². The Balaban J connectivity index is 2.03. The Morgan fingerprint density at radius 1 is 1.53 bits per heavy atom. The van der Waals surface area contributed by atoms with Crippen LogP contribution in [0, 0.1) is 0 Å². The van der Waals surface area contributed by atoms with Crippen molar-refractivity contribution in [1.29, 1.82) is 0 Å². The summed E-state index contributed by atoms with van der Waals surface area (Å²) in [5.74, 6) is -0.368. The van der Waals surface area contributed by atoms with Gasteiger partial charge in [0.2, 0.25) is 5.91 Å². The number of nitrogens with one attached hydrogen (secondary N) is 2. The maximum Gasteiger partial charge on any atom is 0.320 e. The first-order valence-electron chi connectivity index (χ1n) is 4.85. The van der Waals surface area contributed by atoms with E-state index in [0.29, 0.717) is 12.6 Å². The quantitative estimate of drug-likeness (QED) is 0.521. The van der Waals surface area contributed by atoms with E-state index < -0.39 is 4.83 Å². The largest absolute Gasteiger partial charge is 0.468 e. The standard InChI is InChI=1S/C9H15BrN2O3/c1-15-9(14)7(10)4-11-5-8(13)12-6-2-3-6/h6-7,11H,2-5H2,1H3,(H,12,13). The maximum atomic E-state index is 11.2. The average Bonchev–Trinajstić information content (AvgIpc) is 3.00. The number of carbonyl (C=O) groups is 2. The van der Waals surface area contributed by atoms with Gasteiger partial charge in [0, 0.05) is 12.6 Å². The zero-order valence-electron chi connectivity index (χ0n) is 8.59. The summed E-state index contributed by atoms with van der Waals surface area (Å²) >= 11 is 3.15. The molecule has 0 bridgehead atoms. The molecule has 0 aromatic carbocycles. The summed E-state index contributed by atoms with van der Waals surface area (Å²) in [4.78, 5) is 21.8. The smallest absolute Gasteiger partial charge is 0.320 e. The lowest BCUT2D eigenvalue weighted by Gasteiger charge is -2.09. The van der Waals surface area contributed by atoms with Crippen molar-refractivity contribution in [2.75, 3.05) is 20.2 Å². The third kappa shape index (κ3) is 5.13. The molecule has 1 rings (SSSR count). The molecule has 1 aliphatic rings. The Kier molecular flexibility index (Phi) is 5.04. The molecule has 0 heterocycles. The van der Waals surface area contributed by atoms with Gasteiger partial charge in [-0.15, -0.1) is 0 Å². The Hall–Kier alpha value is -0.620. The highest BCUT2D eigenvalue weighted by Crippen LogP contribution is 2.18. The van der Waals surface area contributed by atoms with Crippen LogP contribution in [-0.4, -0.2) is 42.9 Å². The number of amides is 1. The molecule has 0 aromatic heterocycles. The number of alkyl halides is 1. The summed E-state index contributed by atoms with van der Waals surface area (Å²) in [6, 6.07) is 0.375. The van der Waals surface area contributed by atoms with Crippen LogP contribution < -0.4 is 10.6 Å². The molecule has 6 heteroatoms. The first kappa shape index (κ1) is 12.4. The van der Waals surface area contributed by atoms with Crippen LogP contribution in [0.4, 0.5) is 0 Å². The lowest BCUT2D eigenvalue weighted by molar-refractivity contribution is -0.139. The number of esters is 1. The van der Waals surface area contributed by atoms with Gasteiger partial charge < -0.3 is 15.4 Å². The first-order valence-corrected chi connectivity index (χ1v) is 5.77. The summed E-state index contributed by atoms with van der Waals surface area (Å²) in [7, 11) is 1.33.